The molecule has 0 N–H and O–H groups in total. The molecule has 0 aliphatic heterocycles. The zero-order chi connectivity index (χ0) is 17.1. The van der Waals surface area contributed by atoms with Crippen molar-refractivity contribution in [1.29, 1.82) is 0 Å². The zero-order valence-corrected chi connectivity index (χ0v) is 13.4. The fourth-order valence-corrected chi connectivity index (χ4v) is 2.65. The smallest absolute Gasteiger partial charge is 0.337 e. The maximum atomic E-state index is 12.0. The van der Waals surface area contributed by atoms with Crippen molar-refractivity contribution in [3.8, 4) is 22.3 Å². The summed E-state index contributed by atoms with van der Waals surface area (Å²) in [5.41, 5.74) is 4.39. The molecule has 2 aliphatic rings. The number of ether oxygens (including phenoxy) is 2. The molecule has 4 heteroatoms. The van der Waals surface area contributed by atoms with Gasteiger partial charge in [-0.05, 0) is 52.6 Å². The summed E-state index contributed by atoms with van der Waals surface area (Å²) in [5.74, 6) is -1.000. The van der Waals surface area contributed by atoms with Crippen LogP contribution in [-0.2, 0) is 9.47 Å². The van der Waals surface area contributed by atoms with Crippen LogP contribution in [0.1, 0.15) is 20.7 Å². The fourth-order valence-electron chi connectivity index (χ4n) is 2.65. The third-order valence-corrected chi connectivity index (χ3v) is 3.84. The Morgan fingerprint density at radius 1 is 0.625 bits per heavy atom. The number of fused-ring (bicyclic) bond motifs is 1. The second kappa shape index (κ2) is 6.54. The van der Waals surface area contributed by atoms with E-state index in [2.05, 4.69) is 0 Å². The maximum absolute atomic E-state index is 12.0. The quantitative estimate of drug-likeness (QED) is 0.684. The van der Waals surface area contributed by atoms with Gasteiger partial charge < -0.3 is 9.47 Å². The van der Waals surface area contributed by atoms with Crippen molar-refractivity contribution in [2.75, 3.05) is 14.2 Å². The maximum Gasteiger partial charge on any atom is 0.337 e. The van der Waals surface area contributed by atoms with Gasteiger partial charge in [0, 0.05) is 0 Å². The number of benzene rings is 1. The number of hydrogen-bond acceptors (Lipinski definition) is 4. The van der Waals surface area contributed by atoms with Crippen LogP contribution in [0.2, 0.25) is 0 Å². The predicted molar refractivity (Wildman–Crippen MR) is 91.2 cm³/mol. The minimum Gasteiger partial charge on any atom is -0.465 e. The first-order valence-corrected chi connectivity index (χ1v) is 7.43. The van der Waals surface area contributed by atoms with Gasteiger partial charge in [-0.1, -0.05) is 30.3 Å². The molecule has 1 aromatic rings. The molecule has 0 fully saturated rings. The highest BCUT2D eigenvalue weighted by molar-refractivity contribution is 5.98. The van der Waals surface area contributed by atoms with E-state index >= 15 is 0 Å². The van der Waals surface area contributed by atoms with E-state index in [-0.39, 0.29) is 0 Å². The Hall–Kier alpha value is -3.14. The first kappa shape index (κ1) is 15.7. The lowest BCUT2D eigenvalue weighted by Crippen LogP contribution is -2.03. The van der Waals surface area contributed by atoms with Crippen LogP contribution >= 0.6 is 0 Å². The molecule has 24 heavy (non-hydrogen) atoms. The van der Waals surface area contributed by atoms with E-state index in [9.17, 15) is 9.59 Å². The largest absolute Gasteiger partial charge is 0.465 e. The van der Waals surface area contributed by atoms with Gasteiger partial charge in [-0.25, -0.2) is 9.59 Å². The van der Waals surface area contributed by atoms with E-state index in [1.807, 2.05) is 42.5 Å². The summed E-state index contributed by atoms with van der Waals surface area (Å²) in [6.07, 6.45) is 0. The van der Waals surface area contributed by atoms with Crippen molar-refractivity contribution in [1.82, 2.24) is 0 Å². The first-order chi connectivity index (χ1) is 11.6. The molecule has 0 aromatic heterocycles. The summed E-state index contributed by atoms with van der Waals surface area (Å²) in [7, 11) is 2.62. The molecule has 0 spiro atoms. The third-order valence-electron chi connectivity index (χ3n) is 3.84. The van der Waals surface area contributed by atoms with Crippen LogP contribution in [0.15, 0.2) is 60.7 Å². The van der Waals surface area contributed by atoms with Gasteiger partial charge in [-0.15, -0.1) is 0 Å². The van der Waals surface area contributed by atoms with Gasteiger partial charge >= 0.3 is 11.9 Å². The Balaban J connectivity index is 2.21. The molecule has 0 bridgehead atoms. The Morgan fingerprint density at radius 2 is 1.08 bits per heavy atom. The number of methoxy groups -OCH3 is 2. The number of esters is 2. The molecule has 0 heterocycles. The third kappa shape index (κ3) is 2.99. The van der Waals surface area contributed by atoms with Crippen molar-refractivity contribution >= 4 is 11.9 Å². The van der Waals surface area contributed by atoms with Crippen molar-refractivity contribution in [3.63, 3.8) is 0 Å². The molecule has 120 valence electrons. The number of rotatable bonds is 3. The van der Waals surface area contributed by atoms with Crippen LogP contribution in [-0.4, -0.2) is 26.2 Å². The van der Waals surface area contributed by atoms with Gasteiger partial charge in [0.05, 0.1) is 25.3 Å². The number of carbonyl (C=O) groups is 2. The van der Waals surface area contributed by atoms with Crippen LogP contribution in [0.3, 0.4) is 0 Å². The van der Waals surface area contributed by atoms with E-state index < -0.39 is 11.9 Å². The lowest BCUT2D eigenvalue weighted by molar-refractivity contribution is 0.0600. The second-order valence-electron chi connectivity index (χ2n) is 5.35. The van der Waals surface area contributed by atoms with Gasteiger partial charge in [0.1, 0.15) is 0 Å². The minimum atomic E-state index is -0.500. The van der Waals surface area contributed by atoms with Crippen LogP contribution in [0.5, 0.6) is 0 Å². The summed E-state index contributed by atoms with van der Waals surface area (Å²) in [5, 5.41) is 0. The molecular formula is C20H16O4. The summed E-state index contributed by atoms with van der Waals surface area (Å²) in [4.78, 5) is 23.9. The Morgan fingerprint density at radius 3 is 1.54 bits per heavy atom. The van der Waals surface area contributed by atoms with Crippen molar-refractivity contribution in [2.45, 2.75) is 0 Å². The second-order valence-corrected chi connectivity index (χ2v) is 5.35. The molecule has 0 saturated carbocycles. The molecule has 1 aromatic carbocycles. The molecular weight excluding hydrogens is 304 g/mol. The minimum absolute atomic E-state index is 0.304. The predicted octanol–water partition coefficient (Wildman–Crippen LogP) is 4.03. The van der Waals surface area contributed by atoms with Crippen molar-refractivity contribution in [2.24, 2.45) is 0 Å². The monoisotopic (exact) mass is 320 g/mol. The topological polar surface area (TPSA) is 52.6 Å². The number of hydrogen-bond donors (Lipinski definition) is 0. The first-order valence-electron chi connectivity index (χ1n) is 7.43. The highest BCUT2D eigenvalue weighted by atomic mass is 16.5. The highest BCUT2D eigenvalue weighted by Crippen LogP contribution is 2.33. The summed E-state index contributed by atoms with van der Waals surface area (Å²) >= 11 is 0. The molecule has 0 saturated heterocycles. The van der Waals surface area contributed by atoms with E-state index in [1.165, 1.54) is 20.3 Å². The van der Waals surface area contributed by atoms with Crippen LogP contribution in [0.4, 0.5) is 0 Å². The molecule has 0 atom stereocenters. The van der Waals surface area contributed by atoms with E-state index in [4.69, 9.17) is 9.47 Å². The molecule has 4 nitrogen and oxygen atoms in total. The normalized spacial score (nSPS) is 10.4. The van der Waals surface area contributed by atoms with Crippen molar-refractivity contribution < 1.29 is 19.1 Å². The molecule has 0 radical (unpaired) electrons. The molecule has 0 unspecified atom stereocenters. The highest BCUT2D eigenvalue weighted by Gasteiger charge is 2.16. The van der Waals surface area contributed by atoms with Gasteiger partial charge in [-0.2, -0.15) is 0 Å². The fraction of sp³-hybridized carbons (Fsp3) is 0.100. The Kier molecular flexibility index (Phi) is 4.29. The van der Waals surface area contributed by atoms with E-state index in [0.717, 1.165) is 22.3 Å². The van der Waals surface area contributed by atoms with Crippen LogP contribution < -0.4 is 0 Å². The van der Waals surface area contributed by atoms with Gasteiger partial charge in [-0.3, -0.25) is 0 Å². The number of carbonyl (C=O) groups excluding carboxylic acids is 2. The molecule has 3 rings (SSSR count). The Bertz CT molecular complexity index is 817. The van der Waals surface area contributed by atoms with Crippen LogP contribution in [0, 0.1) is 0 Å². The van der Waals surface area contributed by atoms with E-state index in [0.29, 0.717) is 11.1 Å². The lowest BCUT2D eigenvalue weighted by Gasteiger charge is -1.98. The van der Waals surface area contributed by atoms with Gasteiger partial charge in [0.2, 0.25) is 0 Å². The summed E-state index contributed by atoms with van der Waals surface area (Å²) in [6.45, 7) is 0. The standard InChI is InChI=1S/C20H16O4/c1-23-19(21)17-10-15-8-14(13-6-4-3-5-7-13)9-16(15)11-18(12-17)20(22)24-2/h3-12H,1-2H3. The lowest BCUT2D eigenvalue weighted by atomic mass is 10.1. The van der Waals surface area contributed by atoms with Gasteiger partial charge in [0.25, 0.3) is 0 Å². The summed E-state index contributed by atoms with van der Waals surface area (Å²) in [6, 6.07) is 18.8. The molecule has 0 amide bonds. The Labute approximate surface area is 140 Å². The summed E-state index contributed by atoms with van der Waals surface area (Å²) < 4.78 is 9.59. The van der Waals surface area contributed by atoms with Crippen LogP contribution in [0.25, 0.3) is 22.3 Å². The zero-order valence-electron chi connectivity index (χ0n) is 13.4. The van der Waals surface area contributed by atoms with Gasteiger partial charge in [0.15, 0.2) is 0 Å². The SMILES string of the molecule is COC(=O)c1cc(C(=O)OC)cc2cc(-c3ccccc3)cc-2c1. The average molecular weight is 320 g/mol. The van der Waals surface area contributed by atoms with E-state index in [1.54, 1.807) is 12.1 Å². The van der Waals surface area contributed by atoms with Crippen molar-refractivity contribution in [3.05, 3.63) is 71.8 Å². The molecule has 2 aliphatic carbocycles. The average Bonchev–Trinajstić information content (AvgIpc) is 2.93.